The summed E-state index contributed by atoms with van der Waals surface area (Å²) < 4.78 is 12.8. The minimum Gasteiger partial charge on any atom is -0.390 e. The van der Waals surface area contributed by atoms with Crippen LogP contribution in [0.2, 0.25) is 0 Å². The molecule has 1 rings (SSSR count). The second kappa shape index (κ2) is 8.25. The van der Waals surface area contributed by atoms with Crippen molar-refractivity contribution in [2.45, 2.75) is 32.9 Å². The lowest BCUT2D eigenvalue weighted by molar-refractivity contribution is 0.114. The van der Waals surface area contributed by atoms with E-state index >= 15 is 0 Å². The van der Waals surface area contributed by atoms with Crippen molar-refractivity contribution in [2.24, 2.45) is 0 Å². The lowest BCUT2D eigenvalue weighted by Gasteiger charge is -2.23. The highest BCUT2D eigenvalue weighted by Gasteiger charge is 2.11. The van der Waals surface area contributed by atoms with E-state index in [1.807, 2.05) is 6.92 Å². The number of nitrogens with zero attached hydrogens (tertiary/aromatic N) is 1. The number of aliphatic hydroxyl groups excluding tert-OH is 1. The normalized spacial score (nSPS) is 14.6. The second-order valence-corrected chi connectivity index (χ2v) is 4.82. The van der Waals surface area contributed by atoms with Gasteiger partial charge in [-0.05, 0) is 37.7 Å². The molecule has 0 fully saturated rings. The molecule has 0 bridgehead atoms. The van der Waals surface area contributed by atoms with Gasteiger partial charge in [0.15, 0.2) is 0 Å². The predicted octanol–water partition coefficient (Wildman–Crippen LogP) is 2.18. The summed E-state index contributed by atoms with van der Waals surface area (Å²) >= 11 is 0. The number of benzene rings is 1. The molecule has 0 aliphatic heterocycles. The average Bonchev–Trinajstić information content (AvgIpc) is 2.43. The maximum Gasteiger partial charge on any atom is 0.123 e. The Morgan fingerprint density at radius 1 is 1.21 bits per heavy atom. The summed E-state index contributed by atoms with van der Waals surface area (Å²) in [6.07, 6.45) is -0.386. The zero-order chi connectivity index (χ0) is 14.3. The fourth-order valence-corrected chi connectivity index (χ4v) is 2.03. The molecular formula is C15H25FN2O. The molecule has 2 N–H and O–H groups in total. The maximum atomic E-state index is 12.8. The van der Waals surface area contributed by atoms with E-state index in [0.717, 1.165) is 18.7 Å². The number of rotatable bonds is 8. The molecule has 0 saturated carbocycles. The molecule has 0 spiro atoms. The molecule has 0 aliphatic rings. The predicted molar refractivity (Wildman–Crippen MR) is 76.6 cm³/mol. The first-order chi connectivity index (χ1) is 9.06. The number of halogens is 1. The summed E-state index contributed by atoms with van der Waals surface area (Å²) in [6.45, 7) is 9.29. The van der Waals surface area contributed by atoms with Gasteiger partial charge in [-0.1, -0.05) is 26.0 Å². The number of hydrogen-bond donors (Lipinski definition) is 2. The van der Waals surface area contributed by atoms with E-state index in [4.69, 9.17) is 0 Å². The Labute approximate surface area is 115 Å². The Hall–Kier alpha value is -0.970. The van der Waals surface area contributed by atoms with Crippen molar-refractivity contribution in [1.82, 2.24) is 10.2 Å². The van der Waals surface area contributed by atoms with Crippen molar-refractivity contribution >= 4 is 0 Å². The molecule has 2 unspecified atom stereocenters. The van der Waals surface area contributed by atoms with Gasteiger partial charge < -0.3 is 15.3 Å². The third-order valence-corrected chi connectivity index (χ3v) is 3.39. The van der Waals surface area contributed by atoms with Gasteiger partial charge in [0.2, 0.25) is 0 Å². The van der Waals surface area contributed by atoms with Crippen LogP contribution in [-0.2, 0) is 0 Å². The topological polar surface area (TPSA) is 35.5 Å². The van der Waals surface area contributed by atoms with Crippen LogP contribution in [0.5, 0.6) is 0 Å². The van der Waals surface area contributed by atoms with Gasteiger partial charge in [0.1, 0.15) is 5.82 Å². The second-order valence-electron chi connectivity index (χ2n) is 4.82. The van der Waals surface area contributed by atoms with Crippen LogP contribution in [-0.4, -0.2) is 42.3 Å². The van der Waals surface area contributed by atoms with Crippen molar-refractivity contribution in [3.63, 3.8) is 0 Å². The summed E-state index contributed by atoms with van der Waals surface area (Å²) in [5.41, 5.74) is 1.02. The van der Waals surface area contributed by atoms with E-state index in [1.54, 1.807) is 12.1 Å². The summed E-state index contributed by atoms with van der Waals surface area (Å²) in [5.74, 6) is -0.225. The number of nitrogens with one attached hydrogen (secondary N) is 1. The minimum absolute atomic E-state index is 0.104. The zero-order valence-corrected chi connectivity index (χ0v) is 12.1. The molecule has 0 saturated heterocycles. The lowest BCUT2D eigenvalue weighted by Crippen LogP contribution is -2.38. The van der Waals surface area contributed by atoms with E-state index in [2.05, 4.69) is 24.1 Å². The molecule has 1 aromatic rings. The van der Waals surface area contributed by atoms with E-state index < -0.39 is 0 Å². The van der Waals surface area contributed by atoms with E-state index in [9.17, 15) is 9.50 Å². The van der Waals surface area contributed by atoms with Gasteiger partial charge in [0, 0.05) is 19.1 Å². The number of likely N-dealkylation sites (N-methyl/N-ethyl adjacent to an activating group) is 1. The molecule has 0 heterocycles. The van der Waals surface area contributed by atoms with Gasteiger partial charge in [-0.15, -0.1) is 0 Å². The molecule has 2 atom stereocenters. The average molecular weight is 268 g/mol. The highest BCUT2D eigenvalue weighted by Crippen LogP contribution is 2.12. The Morgan fingerprint density at radius 3 is 2.32 bits per heavy atom. The Bertz CT molecular complexity index is 352. The van der Waals surface area contributed by atoms with Crippen LogP contribution in [0.4, 0.5) is 4.39 Å². The first-order valence-electron chi connectivity index (χ1n) is 6.96. The third-order valence-electron chi connectivity index (χ3n) is 3.39. The van der Waals surface area contributed by atoms with Gasteiger partial charge >= 0.3 is 0 Å². The lowest BCUT2D eigenvalue weighted by atomic mass is 10.1. The zero-order valence-electron chi connectivity index (χ0n) is 12.1. The molecule has 3 nitrogen and oxygen atoms in total. The van der Waals surface area contributed by atoms with Crippen molar-refractivity contribution < 1.29 is 9.50 Å². The van der Waals surface area contributed by atoms with Crippen LogP contribution >= 0.6 is 0 Å². The van der Waals surface area contributed by atoms with Crippen LogP contribution in [0.15, 0.2) is 24.3 Å². The van der Waals surface area contributed by atoms with E-state index in [1.165, 1.54) is 12.1 Å². The molecule has 0 radical (unpaired) electrons. The van der Waals surface area contributed by atoms with E-state index in [-0.39, 0.29) is 18.0 Å². The maximum absolute atomic E-state index is 12.8. The van der Waals surface area contributed by atoms with Gasteiger partial charge in [0.05, 0.1) is 6.10 Å². The van der Waals surface area contributed by atoms with Crippen LogP contribution < -0.4 is 5.32 Å². The van der Waals surface area contributed by atoms with Crippen LogP contribution in [0.3, 0.4) is 0 Å². The van der Waals surface area contributed by atoms with Crippen molar-refractivity contribution in [3.05, 3.63) is 35.6 Å². The van der Waals surface area contributed by atoms with Crippen molar-refractivity contribution in [2.75, 3.05) is 26.2 Å². The highest BCUT2D eigenvalue weighted by molar-refractivity contribution is 5.19. The molecule has 0 amide bonds. The highest BCUT2D eigenvalue weighted by atomic mass is 19.1. The summed E-state index contributed by atoms with van der Waals surface area (Å²) in [6, 6.07) is 6.56. The van der Waals surface area contributed by atoms with Gasteiger partial charge in [-0.3, -0.25) is 0 Å². The van der Waals surface area contributed by atoms with Crippen LogP contribution in [0.25, 0.3) is 0 Å². The standard InChI is InChI=1S/C15H25FN2O/c1-4-18(5-2)11-15(19)10-17-12(3)13-6-8-14(16)9-7-13/h6-9,12,15,17,19H,4-5,10-11H2,1-3H3. The molecular weight excluding hydrogens is 243 g/mol. The quantitative estimate of drug-likeness (QED) is 0.758. The Balaban J connectivity index is 2.37. The fraction of sp³-hybridized carbons (Fsp3) is 0.600. The number of hydrogen-bond acceptors (Lipinski definition) is 3. The monoisotopic (exact) mass is 268 g/mol. The molecule has 4 heteroatoms. The first kappa shape index (κ1) is 16.1. The first-order valence-corrected chi connectivity index (χ1v) is 6.96. The Kier molecular flexibility index (Phi) is 6.99. The summed E-state index contributed by atoms with van der Waals surface area (Å²) in [7, 11) is 0. The molecule has 0 aromatic heterocycles. The van der Waals surface area contributed by atoms with E-state index in [0.29, 0.717) is 13.1 Å². The summed E-state index contributed by atoms with van der Waals surface area (Å²) in [5, 5.41) is 13.2. The van der Waals surface area contributed by atoms with Crippen molar-refractivity contribution in [3.8, 4) is 0 Å². The minimum atomic E-state index is -0.386. The smallest absolute Gasteiger partial charge is 0.123 e. The largest absolute Gasteiger partial charge is 0.390 e. The fourth-order valence-electron chi connectivity index (χ4n) is 2.03. The Morgan fingerprint density at radius 2 is 1.79 bits per heavy atom. The third kappa shape index (κ3) is 5.68. The van der Waals surface area contributed by atoms with Crippen molar-refractivity contribution in [1.29, 1.82) is 0 Å². The molecule has 108 valence electrons. The van der Waals surface area contributed by atoms with Gasteiger partial charge in [-0.2, -0.15) is 0 Å². The molecule has 1 aromatic carbocycles. The van der Waals surface area contributed by atoms with Crippen LogP contribution in [0.1, 0.15) is 32.4 Å². The summed E-state index contributed by atoms with van der Waals surface area (Å²) in [4.78, 5) is 2.19. The SMILES string of the molecule is CCN(CC)CC(O)CNC(C)c1ccc(F)cc1. The molecule has 0 aliphatic carbocycles. The van der Waals surface area contributed by atoms with Gasteiger partial charge in [0.25, 0.3) is 0 Å². The van der Waals surface area contributed by atoms with Gasteiger partial charge in [-0.25, -0.2) is 4.39 Å². The molecule has 19 heavy (non-hydrogen) atoms. The van der Waals surface area contributed by atoms with Crippen LogP contribution in [0, 0.1) is 5.82 Å². The number of aliphatic hydroxyl groups is 1.